The van der Waals surface area contributed by atoms with E-state index in [1.54, 1.807) is 7.05 Å². The molecule has 1 aliphatic rings. The van der Waals surface area contributed by atoms with Gasteiger partial charge in [-0.25, -0.2) is 0 Å². The fraction of sp³-hybridized carbons (Fsp3) is 1.00. The Morgan fingerprint density at radius 3 is 2.42 bits per heavy atom. The zero-order valence-corrected chi connectivity index (χ0v) is 8.50. The van der Waals surface area contributed by atoms with Crippen LogP contribution in [0.3, 0.4) is 0 Å². The zero-order chi connectivity index (χ0) is 9.57. The van der Waals surface area contributed by atoms with Gasteiger partial charge in [0.15, 0.2) is 0 Å². The molecule has 0 amide bonds. The van der Waals surface area contributed by atoms with Crippen LogP contribution in [-0.4, -0.2) is 29.8 Å². The Morgan fingerprint density at radius 2 is 2.00 bits per heavy atom. The number of rotatable bonds is 0. The van der Waals surface area contributed by atoms with E-state index in [-0.39, 0.29) is 16.2 Å². The Hall–Kier alpha value is -0.120. The first kappa shape index (κ1) is 9.96. The second-order valence-corrected chi connectivity index (χ2v) is 4.72. The Labute approximate surface area is 74.7 Å². The van der Waals surface area contributed by atoms with Crippen molar-refractivity contribution in [2.24, 2.45) is 11.7 Å². The number of nitrogens with two attached hydrogens (primary N) is 1. The molecule has 1 heterocycles. The van der Waals surface area contributed by atoms with Crippen molar-refractivity contribution < 1.29 is 4.65 Å². The maximum Gasteiger partial charge on any atom is 0.0971 e. The summed E-state index contributed by atoms with van der Waals surface area (Å²) in [5, 5.41) is 12.0. The maximum atomic E-state index is 12.0. The molecule has 0 aromatic rings. The standard InChI is InChI=1S/C9H20N2O/c1-7-8(10)5-6-11(4,12)9(7,2)3/h7-8H,5-6,10H2,1-4H3. The van der Waals surface area contributed by atoms with Crippen LogP contribution in [-0.2, 0) is 0 Å². The molecule has 3 atom stereocenters. The first-order valence-corrected chi connectivity index (χ1v) is 4.61. The molecular weight excluding hydrogens is 152 g/mol. The SMILES string of the molecule is CC1C(N)CC[N+](C)([O-])C1(C)C. The molecule has 12 heavy (non-hydrogen) atoms. The number of hydroxylamine groups is 3. The highest BCUT2D eigenvalue weighted by Crippen LogP contribution is 2.36. The predicted molar refractivity (Wildman–Crippen MR) is 50.3 cm³/mol. The van der Waals surface area contributed by atoms with E-state index >= 15 is 0 Å². The van der Waals surface area contributed by atoms with Gasteiger partial charge in [0.2, 0.25) is 0 Å². The van der Waals surface area contributed by atoms with Crippen LogP contribution in [0.1, 0.15) is 27.2 Å². The third-order valence-electron chi connectivity index (χ3n) is 3.86. The largest absolute Gasteiger partial charge is 0.633 e. The van der Waals surface area contributed by atoms with Crippen LogP contribution >= 0.6 is 0 Å². The van der Waals surface area contributed by atoms with Crippen molar-refractivity contribution in [1.82, 2.24) is 0 Å². The van der Waals surface area contributed by atoms with Crippen LogP contribution in [0.5, 0.6) is 0 Å². The average molecular weight is 172 g/mol. The van der Waals surface area contributed by atoms with Gasteiger partial charge >= 0.3 is 0 Å². The Kier molecular flexibility index (Phi) is 2.23. The molecule has 72 valence electrons. The molecule has 3 nitrogen and oxygen atoms in total. The minimum absolute atomic E-state index is 0.151. The average Bonchev–Trinajstić information content (AvgIpc) is 1.96. The van der Waals surface area contributed by atoms with E-state index in [4.69, 9.17) is 5.73 Å². The molecule has 0 aliphatic carbocycles. The van der Waals surface area contributed by atoms with Crippen molar-refractivity contribution >= 4 is 0 Å². The van der Waals surface area contributed by atoms with E-state index in [1.807, 2.05) is 13.8 Å². The topological polar surface area (TPSA) is 49.1 Å². The molecule has 1 aliphatic heterocycles. The second-order valence-electron chi connectivity index (χ2n) is 4.72. The fourth-order valence-corrected chi connectivity index (χ4v) is 1.89. The summed E-state index contributed by atoms with van der Waals surface area (Å²) < 4.78 is -0.151. The van der Waals surface area contributed by atoms with Gasteiger partial charge in [-0.05, 0) is 13.8 Å². The summed E-state index contributed by atoms with van der Waals surface area (Å²) in [6.45, 7) is 6.77. The lowest BCUT2D eigenvalue weighted by Gasteiger charge is -2.58. The van der Waals surface area contributed by atoms with E-state index in [1.165, 1.54) is 0 Å². The second kappa shape index (κ2) is 2.69. The van der Waals surface area contributed by atoms with Gasteiger partial charge in [0.25, 0.3) is 0 Å². The lowest BCUT2D eigenvalue weighted by atomic mass is 9.77. The molecular formula is C9H20N2O. The lowest BCUT2D eigenvalue weighted by molar-refractivity contribution is -0.920. The lowest BCUT2D eigenvalue weighted by Crippen LogP contribution is -2.66. The molecule has 0 spiro atoms. The molecule has 1 fully saturated rings. The van der Waals surface area contributed by atoms with Gasteiger partial charge in [0, 0.05) is 18.4 Å². The first-order valence-electron chi connectivity index (χ1n) is 4.61. The van der Waals surface area contributed by atoms with Gasteiger partial charge < -0.3 is 15.6 Å². The summed E-state index contributed by atoms with van der Waals surface area (Å²) in [5.74, 6) is 0.300. The quantitative estimate of drug-likeness (QED) is 0.439. The number of hydrogen-bond acceptors (Lipinski definition) is 2. The Balaban J connectivity index is 2.88. The number of piperidine rings is 1. The van der Waals surface area contributed by atoms with E-state index < -0.39 is 0 Å². The van der Waals surface area contributed by atoms with Crippen molar-refractivity contribution in [2.75, 3.05) is 13.6 Å². The summed E-state index contributed by atoms with van der Waals surface area (Å²) in [6.07, 6.45) is 0.852. The molecule has 1 saturated heterocycles. The van der Waals surface area contributed by atoms with Crippen molar-refractivity contribution in [3.8, 4) is 0 Å². The van der Waals surface area contributed by atoms with Crippen LogP contribution < -0.4 is 5.73 Å². The van der Waals surface area contributed by atoms with E-state index in [2.05, 4.69) is 6.92 Å². The van der Waals surface area contributed by atoms with Crippen molar-refractivity contribution in [1.29, 1.82) is 0 Å². The van der Waals surface area contributed by atoms with Gasteiger partial charge in [-0.15, -0.1) is 0 Å². The molecule has 2 N–H and O–H groups in total. The molecule has 3 unspecified atom stereocenters. The highest BCUT2D eigenvalue weighted by Gasteiger charge is 2.45. The van der Waals surface area contributed by atoms with E-state index in [0.717, 1.165) is 6.42 Å². The normalized spacial score (nSPS) is 47.5. The summed E-state index contributed by atoms with van der Waals surface area (Å²) in [4.78, 5) is 0. The van der Waals surface area contributed by atoms with Crippen LogP contribution in [0.25, 0.3) is 0 Å². The van der Waals surface area contributed by atoms with Gasteiger partial charge in [0.05, 0.1) is 19.1 Å². The predicted octanol–water partition coefficient (Wildman–Crippen LogP) is 1.08. The van der Waals surface area contributed by atoms with Gasteiger partial charge in [-0.1, -0.05) is 6.92 Å². The van der Waals surface area contributed by atoms with Crippen molar-refractivity contribution in [2.45, 2.75) is 38.8 Å². The zero-order valence-electron chi connectivity index (χ0n) is 8.50. The first-order chi connectivity index (χ1) is 5.29. The molecule has 0 radical (unpaired) electrons. The smallest absolute Gasteiger partial charge is 0.0971 e. The summed E-state index contributed by atoms with van der Waals surface area (Å²) >= 11 is 0. The van der Waals surface area contributed by atoms with Gasteiger partial charge in [-0.3, -0.25) is 0 Å². The van der Waals surface area contributed by atoms with Crippen molar-refractivity contribution in [3.05, 3.63) is 5.21 Å². The summed E-state index contributed by atoms with van der Waals surface area (Å²) in [5.41, 5.74) is 5.69. The molecule has 1 rings (SSSR count). The van der Waals surface area contributed by atoms with Crippen LogP contribution in [0.4, 0.5) is 0 Å². The van der Waals surface area contributed by atoms with Crippen LogP contribution in [0.15, 0.2) is 0 Å². The monoisotopic (exact) mass is 172 g/mol. The highest BCUT2D eigenvalue weighted by molar-refractivity contribution is 4.88. The van der Waals surface area contributed by atoms with E-state index in [9.17, 15) is 5.21 Å². The number of hydrogen-bond donors (Lipinski definition) is 1. The molecule has 0 aromatic heterocycles. The van der Waals surface area contributed by atoms with Gasteiger partial charge in [-0.2, -0.15) is 0 Å². The van der Waals surface area contributed by atoms with Crippen LogP contribution in [0.2, 0.25) is 0 Å². The molecule has 0 saturated carbocycles. The summed E-state index contributed by atoms with van der Waals surface area (Å²) in [7, 11) is 1.75. The molecule has 0 bridgehead atoms. The minimum atomic E-state index is -0.238. The van der Waals surface area contributed by atoms with Crippen molar-refractivity contribution in [3.63, 3.8) is 0 Å². The van der Waals surface area contributed by atoms with E-state index in [0.29, 0.717) is 12.5 Å². The Morgan fingerprint density at radius 1 is 1.50 bits per heavy atom. The number of likely N-dealkylation sites (tertiary alicyclic amines) is 1. The van der Waals surface area contributed by atoms with Crippen LogP contribution in [0, 0.1) is 11.1 Å². The summed E-state index contributed by atoms with van der Waals surface area (Å²) in [6, 6.07) is 0.195. The third-order valence-corrected chi connectivity index (χ3v) is 3.86. The fourth-order valence-electron chi connectivity index (χ4n) is 1.89. The maximum absolute atomic E-state index is 12.0. The van der Waals surface area contributed by atoms with Gasteiger partial charge in [0.1, 0.15) is 0 Å². The number of quaternary nitrogens is 1. The molecule has 0 aromatic carbocycles. The molecule has 3 heteroatoms. The minimum Gasteiger partial charge on any atom is -0.633 e. The third kappa shape index (κ3) is 1.26. The highest BCUT2D eigenvalue weighted by atomic mass is 16.5. The number of nitrogens with zero attached hydrogens (tertiary/aromatic N) is 1. The Bertz CT molecular complexity index is 177.